The molecule has 0 spiro atoms. The molecule has 0 amide bonds. The van der Waals surface area contributed by atoms with Crippen LogP contribution in [0.1, 0.15) is 19.3 Å². The Morgan fingerprint density at radius 2 is 2.11 bits per heavy atom. The van der Waals surface area contributed by atoms with Crippen molar-refractivity contribution in [3.63, 3.8) is 0 Å². The third kappa shape index (κ3) is 5.09. The highest BCUT2D eigenvalue weighted by molar-refractivity contribution is 7.99. The Labute approximate surface area is 118 Å². The van der Waals surface area contributed by atoms with Crippen molar-refractivity contribution in [2.24, 2.45) is 0 Å². The molecule has 1 aliphatic heterocycles. The highest BCUT2D eigenvalue weighted by Crippen LogP contribution is 2.18. The Balaban J connectivity index is 1.54. The van der Waals surface area contributed by atoms with Crippen molar-refractivity contribution in [2.75, 3.05) is 24.7 Å². The van der Waals surface area contributed by atoms with E-state index in [0.717, 1.165) is 35.5 Å². The summed E-state index contributed by atoms with van der Waals surface area (Å²) in [5.74, 6) is 2.97. The monoisotopic (exact) mass is 286 g/mol. The third-order valence-corrected chi connectivity index (χ3v) is 4.20. The fourth-order valence-electron chi connectivity index (χ4n) is 1.90. The van der Waals surface area contributed by atoms with Crippen molar-refractivity contribution in [3.8, 4) is 5.75 Å². The van der Waals surface area contributed by atoms with Crippen molar-refractivity contribution in [2.45, 2.75) is 25.4 Å². The lowest BCUT2D eigenvalue weighted by atomic mass is 10.1. The lowest BCUT2D eigenvalue weighted by molar-refractivity contribution is 0.0315. The maximum Gasteiger partial charge on any atom is 0.119 e. The van der Waals surface area contributed by atoms with Crippen molar-refractivity contribution >= 4 is 23.4 Å². The van der Waals surface area contributed by atoms with Gasteiger partial charge in [-0.05, 0) is 43.5 Å². The van der Waals surface area contributed by atoms with Crippen LogP contribution >= 0.6 is 23.4 Å². The predicted octanol–water partition coefficient (Wildman–Crippen LogP) is 4.02. The second-order valence-electron chi connectivity index (χ2n) is 4.37. The van der Waals surface area contributed by atoms with Gasteiger partial charge >= 0.3 is 0 Å². The van der Waals surface area contributed by atoms with Gasteiger partial charge in [-0.2, -0.15) is 11.8 Å². The molecule has 1 aromatic carbocycles. The molecule has 1 saturated heterocycles. The molecule has 1 fully saturated rings. The lowest BCUT2D eigenvalue weighted by Gasteiger charge is -2.22. The van der Waals surface area contributed by atoms with Gasteiger partial charge in [0.2, 0.25) is 0 Å². The number of hydrogen-bond acceptors (Lipinski definition) is 3. The summed E-state index contributed by atoms with van der Waals surface area (Å²) in [6.45, 7) is 1.67. The molecule has 0 bridgehead atoms. The quantitative estimate of drug-likeness (QED) is 0.736. The molecule has 2 rings (SSSR count). The molecule has 100 valence electrons. The van der Waals surface area contributed by atoms with Gasteiger partial charge in [-0.3, -0.25) is 0 Å². The van der Waals surface area contributed by atoms with E-state index in [1.807, 2.05) is 36.0 Å². The van der Waals surface area contributed by atoms with Gasteiger partial charge in [0.25, 0.3) is 0 Å². The molecule has 18 heavy (non-hydrogen) atoms. The molecule has 1 heterocycles. The smallest absolute Gasteiger partial charge is 0.119 e. The van der Waals surface area contributed by atoms with E-state index >= 15 is 0 Å². The zero-order chi connectivity index (χ0) is 12.6. The highest BCUT2D eigenvalue weighted by atomic mass is 35.5. The zero-order valence-corrected chi connectivity index (χ0v) is 12.0. The summed E-state index contributed by atoms with van der Waals surface area (Å²) < 4.78 is 11.3. The Morgan fingerprint density at radius 1 is 1.28 bits per heavy atom. The van der Waals surface area contributed by atoms with Crippen LogP contribution in [-0.4, -0.2) is 30.8 Å². The Hall–Kier alpha value is -0.380. The van der Waals surface area contributed by atoms with Crippen LogP contribution in [0.3, 0.4) is 0 Å². The van der Waals surface area contributed by atoms with Gasteiger partial charge in [0.1, 0.15) is 5.75 Å². The maximum atomic E-state index is 5.81. The van der Waals surface area contributed by atoms with Gasteiger partial charge in [-0.1, -0.05) is 11.6 Å². The van der Waals surface area contributed by atoms with Crippen molar-refractivity contribution in [1.82, 2.24) is 0 Å². The molecular weight excluding hydrogens is 268 g/mol. The van der Waals surface area contributed by atoms with Crippen molar-refractivity contribution in [3.05, 3.63) is 29.3 Å². The average Bonchev–Trinajstić information content (AvgIpc) is 2.42. The van der Waals surface area contributed by atoms with Crippen LogP contribution in [0.15, 0.2) is 24.3 Å². The van der Waals surface area contributed by atoms with Crippen LogP contribution in [-0.2, 0) is 4.74 Å². The van der Waals surface area contributed by atoms with Gasteiger partial charge in [-0.25, -0.2) is 0 Å². The van der Waals surface area contributed by atoms with E-state index in [1.165, 1.54) is 19.3 Å². The topological polar surface area (TPSA) is 18.5 Å². The summed E-state index contributed by atoms with van der Waals surface area (Å²) in [7, 11) is 0. The molecule has 0 N–H and O–H groups in total. The minimum Gasteiger partial charge on any atom is -0.493 e. The molecule has 1 aromatic rings. The molecule has 2 nitrogen and oxygen atoms in total. The number of thioether (sulfide) groups is 1. The number of ether oxygens (including phenoxy) is 2. The summed E-state index contributed by atoms with van der Waals surface area (Å²) in [4.78, 5) is 0. The first-order valence-corrected chi connectivity index (χ1v) is 7.95. The summed E-state index contributed by atoms with van der Waals surface area (Å²) in [5, 5.41) is 0.742. The van der Waals surface area contributed by atoms with Crippen LogP contribution in [0.5, 0.6) is 5.75 Å². The van der Waals surface area contributed by atoms with E-state index in [1.54, 1.807) is 0 Å². The minimum absolute atomic E-state index is 0.458. The van der Waals surface area contributed by atoms with Crippen molar-refractivity contribution in [1.29, 1.82) is 0 Å². The van der Waals surface area contributed by atoms with E-state index in [4.69, 9.17) is 21.1 Å². The molecule has 0 saturated carbocycles. The largest absolute Gasteiger partial charge is 0.493 e. The van der Waals surface area contributed by atoms with Gasteiger partial charge in [0, 0.05) is 23.1 Å². The van der Waals surface area contributed by atoms with E-state index < -0.39 is 0 Å². The van der Waals surface area contributed by atoms with Crippen LogP contribution < -0.4 is 4.74 Å². The number of rotatable bonds is 6. The molecule has 0 aliphatic carbocycles. The van der Waals surface area contributed by atoms with Crippen LogP contribution in [0, 0.1) is 0 Å². The second-order valence-corrected chi connectivity index (χ2v) is 5.95. The van der Waals surface area contributed by atoms with Gasteiger partial charge in [0.15, 0.2) is 0 Å². The van der Waals surface area contributed by atoms with Gasteiger partial charge in [0.05, 0.1) is 12.7 Å². The fourth-order valence-corrected chi connectivity index (χ4v) is 2.92. The molecule has 4 heteroatoms. The first-order valence-electron chi connectivity index (χ1n) is 6.42. The summed E-state index contributed by atoms with van der Waals surface area (Å²) in [6.07, 6.45) is 4.21. The Kier molecular flexibility index (Phi) is 6.18. The SMILES string of the molecule is Clc1ccc(OCCSCC2CCCCO2)cc1. The van der Waals surface area contributed by atoms with E-state index in [0.29, 0.717) is 6.10 Å². The number of benzene rings is 1. The van der Waals surface area contributed by atoms with Crippen LogP contribution in [0.25, 0.3) is 0 Å². The molecule has 0 radical (unpaired) electrons. The Bertz CT molecular complexity index is 336. The zero-order valence-electron chi connectivity index (χ0n) is 10.4. The normalized spacial score (nSPS) is 19.7. The third-order valence-electron chi connectivity index (χ3n) is 2.89. The number of halogens is 1. The van der Waals surface area contributed by atoms with E-state index in [-0.39, 0.29) is 0 Å². The highest BCUT2D eigenvalue weighted by Gasteiger charge is 2.13. The molecule has 1 aliphatic rings. The molecule has 0 aromatic heterocycles. The molecule has 1 unspecified atom stereocenters. The summed E-state index contributed by atoms with van der Waals surface area (Å²) in [6, 6.07) is 7.49. The molecule has 1 atom stereocenters. The van der Waals surface area contributed by atoms with Crippen molar-refractivity contribution < 1.29 is 9.47 Å². The first kappa shape index (κ1) is 14.0. The van der Waals surface area contributed by atoms with Crippen LogP contribution in [0.4, 0.5) is 0 Å². The summed E-state index contributed by atoms with van der Waals surface area (Å²) in [5.41, 5.74) is 0. The average molecular weight is 287 g/mol. The van der Waals surface area contributed by atoms with E-state index in [9.17, 15) is 0 Å². The molecular formula is C14H19ClO2S. The summed E-state index contributed by atoms with van der Waals surface area (Å²) >= 11 is 7.71. The number of hydrogen-bond donors (Lipinski definition) is 0. The van der Waals surface area contributed by atoms with Gasteiger partial charge in [-0.15, -0.1) is 0 Å². The standard InChI is InChI=1S/C14H19ClO2S/c15-12-4-6-13(7-5-12)17-9-10-18-11-14-3-1-2-8-16-14/h4-7,14H,1-3,8-11H2. The predicted molar refractivity (Wildman–Crippen MR) is 77.9 cm³/mol. The fraction of sp³-hybridized carbons (Fsp3) is 0.571. The Morgan fingerprint density at radius 3 is 2.83 bits per heavy atom. The minimum atomic E-state index is 0.458. The van der Waals surface area contributed by atoms with E-state index in [2.05, 4.69) is 0 Å². The maximum absolute atomic E-state index is 5.81. The first-order chi connectivity index (χ1) is 8.84. The second kappa shape index (κ2) is 7.93. The lowest BCUT2D eigenvalue weighted by Crippen LogP contribution is -2.21. The van der Waals surface area contributed by atoms with Gasteiger partial charge < -0.3 is 9.47 Å². The van der Waals surface area contributed by atoms with Crippen LogP contribution in [0.2, 0.25) is 5.02 Å².